The molecule has 0 amide bonds. The quantitative estimate of drug-likeness (QED) is 0.208. The van der Waals surface area contributed by atoms with Crippen LogP contribution in [0, 0.1) is 5.41 Å². The van der Waals surface area contributed by atoms with Crippen molar-refractivity contribution in [3.05, 3.63) is 0 Å². The lowest BCUT2D eigenvalue weighted by Gasteiger charge is -2.32. The van der Waals surface area contributed by atoms with E-state index in [1.54, 1.807) is 0 Å². The first-order chi connectivity index (χ1) is 7.33. The number of carbonyl (C=O) groups is 1. The summed E-state index contributed by atoms with van der Waals surface area (Å²) >= 11 is 0. The summed E-state index contributed by atoms with van der Waals surface area (Å²) in [5, 5.41) is 0. The summed E-state index contributed by atoms with van der Waals surface area (Å²) < 4.78 is 6.93. The van der Waals surface area contributed by atoms with Crippen LogP contribution in [0.5, 0.6) is 0 Å². The Hall–Kier alpha value is 0.850. The Labute approximate surface area is 153 Å². The zero-order valence-electron chi connectivity index (χ0n) is 13.6. The normalized spacial score (nSPS) is 12.2. The maximum atomic E-state index is 12.0. The minimum atomic E-state index is -0.427. The summed E-state index contributed by atoms with van der Waals surface area (Å²) in [4.78, 5) is 12.0. The van der Waals surface area contributed by atoms with E-state index in [0.717, 1.165) is 22.1 Å². The number of ether oxygens (including phenoxy) is 1. The third kappa shape index (κ3) is 13.6. The maximum absolute atomic E-state index is 12.0. The molecule has 0 atom stereocenters. The molecule has 118 valence electrons. The molecule has 19 heavy (non-hydrogen) atoms. The molecule has 0 fully saturated rings. The maximum Gasteiger partial charge on any atom is 0.317 e. The number of hydrogen-bond acceptors (Lipinski definition) is 2. The molecular formula is C13H30I2N2O2. The molecule has 0 aromatic carbocycles. The number of halogens is 2. The van der Waals surface area contributed by atoms with Crippen molar-refractivity contribution >= 4 is 5.97 Å². The van der Waals surface area contributed by atoms with Crippen LogP contribution in [0.2, 0.25) is 0 Å². The van der Waals surface area contributed by atoms with Gasteiger partial charge in [-0.15, -0.1) is 0 Å². The van der Waals surface area contributed by atoms with E-state index in [4.69, 9.17) is 4.74 Å². The van der Waals surface area contributed by atoms with Crippen LogP contribution in [0.4, 0.5) is 0 Å². The number of quaternary nitrogens is 2. The van der Waals surface area contributed by atoms with Gasteiger partial charge >= 0.3 is 5.97 Å². The molecule has 0 aromatic rings. The van der Waals surface area contributed by atoms with Crippen LogP contribution in [0.25, 0.3) is 0 Å². The highest BCUT2D eigenvalue weighted by Crippen LogP contribution is 2.20. The first kappa shape index (κ1) is 24.8. The Morgan fingerprint density at radius 1 is 0.947 bits per heavy atom. The molecule has 0 aliphatic heterocycles. The largest absolute Gasteiger partial charge is 1.00 e. The summed E-state index contributed by atoms with van der Waals surface area (Å²) in [5.74, 6) is -0.0981. The molecule has 0 bridgehead atoms. The molecule has 0 aliphatic carbocycles. The van der Waals surface area contributed by atoms with Gasteiger partial charge in [-0.2, -0.15) is 0 Å². The Morgan fingerprint density at radius 3 is 1.68 bits per heavy atom. The van der Waals surface area contributed by atoms with Crippen molar-refractivity contribution in [2.24, 2.45) is 5.41 Å². The topological polar surface area (TPSA) is 26.3 Å². The molecule has 0 spiro atoms. The monoisotopic (exact) mass is 500 g/mol. The molecule has 0 saturated heterocycles. The van der Waals surface area contributed by atoms with Gasteiger partial charge in [-0.25, -0.2) is 0 Å². The van der Waals surface area contributed by atoms with Gasteiger partial charge in [-0.3, -0.25) is 4.79 Å². The Morgan fingerprint density at radius 2 is 1.37 bits per heavy atom. The molecule has 0 heterocycles. The summed E-state index contributed by atoms with van der Waals surface area (Å²) in [7, 11) is 12.5. The van der Waals surface area contributed by atoms with E-state index in [1.165, 1.54) is 0 Å². The summed E-state index contributed by atoms with van der Waals surface area (Å²) in [6, 6.07) is 0. The highest BCUT2D eigenvalue weighted by atomic mass is 127. The van der Waals surface area contributed by atoms with Gasteiger partial charge < -0.3 is 61.7 Å². The van der Waals surface area contributed by atoms with E-state index in [-0.39, 0.29) is 53.9 Å². The van der Waals surface area contributed by atoms with E-state index in [1.807, 2.05) is 13.8 Å². The van der Waals surface area contributed by atoms with Gasteiger partial charge in [0.25, 0.3) is 0 Å². The molecule has 0 aromatic heterocycles. The van der Waals surface area contributed by atoms with Crippen molar-refractivity contribution in [1.29, 1.82) is 0 Å². The fourth-order valence-corrected chi connectivity index (χ4v) is 1.86. The smallest absolute Gasteiger partial charge is 0.317 e. The van der Waals surface area contributed by atoms with E-state index in [2.05, 4.69) is 42.3 Å². The number of rotatable bonds is 6. The molecule has 0 unspecified atom stereocenters. The van der Waals surface area contributed by atoms with Gasteiger partial charge in [0.1, 0.15) is 18.6 Å². The highest BCUT2D eigenvalue weighted by molar-refractivity contribution is 5.76. The van der Waals surface area contributed by atoms with Crippen molar-refractivity contribution in [2.75, 3.05) is 62.0 Å². The van der Waals surface area contributed by atoms with Crippen LogP contribution in [-0.4, -0.2) is 76.9 Å². The van der Waals surface area contributed by atoms with Crippen LogP contribution in [-0.2, 0) is 9.53 Å². The number of esters is 1. The Bertz CT molecular complexity index is 269. The zero-order valence-corrected chi connectivity index (χ0v) is 17.9. The molecule has 0 aliphatic rings. The first-order valence-corrected chi connectivity index (χ1v) is 6.12. The molecule has 0 N–H and O–H groups in total. The van der Waals surface area contributed by atoms with E-state index < -0.39 is 5.41 Å². The Balaban J connectivity index is -0.00000128. The summed E-state index contributed by atoms with van der Waals surface area (Å²) in [6.07, 6.45) is 0. The molecule has 6 heteroatoms. The number of nitrogens with zero attached hydrogens (tertiary/aromatic N) is 2. The minimum Gasteiger partial charge on any atom is -1.00 e. The SMILES string of the molecule is CC(C)(C[N+](C)(C)C)C(=O)OCC[N+](C)(C)C.[I-].[I-]. The highest BCUT2D eigenvalue weighted by Gasteiger charge is 2.35. The molecule has 4 nitrogen and oxygen atoms in total. The minimum absolute atomic E-state index is 0. The van der Waals surface area contributed by atoms with Gasteiger partial charge in [-0.05, 0) is 13.8 Å². The molecule has 0 rings (SSSR count). The summed E-state index contributed by atoms with van der Waals surface area (Å²) in [5.41, 5.74) is -0.427. The zero-order chi connectivity index (χ0) is 13.9. The lowest BCUT2D eigenvalue weighted by Crippen LogP contribution is -3.00. The predicted octanol–water partition coefficient (Wildman–Crippen LogP) is -5.02. The van der Waals surface area contributed by atoms with E-state index in [0.29, 0.717) is 6.61 Å². The molecule has 0 radical (unpaired) electrons. The van der Waals surface area contributed by atoms with Crippen molar-refractivity contribution in [3.8, 4) is 0 Å². The standard InChI is InChI=1S/C13H30N2O2.2HI/c1-13(2,11-15(6,7)8)12(16)17-10-9-14(3,4)5;;/h9-11H2,1-8H3;2*1H/q+2;;/p-2. The van der Waals surface area contributed by atoms with Crippen molar-refractivity contribution in [3.63, 3.8) is 0 Å². The van der Waals surface area contributed by atoms with E-state index >= 15 is 0 Å². The van der Waals surface area contributed by atoms with Crippen LogP contribution in [0.1, 0.15) is 13.8 Å². The lowest BCUT2D eigenvalue weighted by molar-refractivity contribution is -0.875. The second kappa shape index (κ2) is 8.99. The lowest BCUT2D eigenvalue weighted by atomic mass is 9.92. The average Bonchev–Trinajstić information content (AvgIpc) is 1.96. The number of carbonyl (C=O) groups excluding carboxylic acids is 1. The van der Waals surface area contributed by atoms with Gasteiger partial charge in [-0.1, -0.05) is 0 Å². The van der Waals surface area contributed by atoms with Crippen molar-refractivity contribution in [1.82, 2.24) is 0 Å². The van der Waals surface area contributed by atoms with Gasteiger partial charge in [0.15, 0.2) is 0 Å². The summed E-state index contributed by atoms with van der Waals surface area (Å²) in [6.45, 7) is 6.00. The third-order valence-corrected chi connectivity index (χ3v) is 2.42. The second-order valence-corrected chi connectivity index (χ2v) is 7.48. The first-order valence-electron chi connectivity index (χ1n) is 6.12. The molecule has 0 saturated carbocycles. The Kier molecular flexibility index (Phi) is 11.8. The predicted molar refractivity (Wildman–Crippen MR) is 70.5 cm³/mol. The molecular weight excluding hydrogens is 470 g/mol. The van der Waals surface area contributed by atoms with Gasteiger partial charge in [0.05, 0.1) is 48.8 Å². The second-order valence-electron chi connectivity index (χ2n) is 7.48. The van der Waals surface area contributed by atoms with Crippen LogP contribution >= 0.6 is 0 Å². The average molecular weight is 500 g/mol. The van der Waals surface area contributed by atoms with Gasteiger partial charge in [0, 0.05) is 0 Å². The fourth-order valence-electron chi connectivity index (χ4n) is 1.86. The number of likely N-dealkylation sites (N-methyl/N-ethyl adjacent to an activating group) is 1. The van der Waals surface area contributed by atoms with Crippen LogP contribution in [0.15, 0.2) is 0 Å². The number of hydrogen-bond donors (Lipinski definition) is 0. The van der Waals surface area contributed by atoms with E-state index in [9.17, 15) is 4.79 Å². The van der Waals surface area contributed by atoms with Crippen molar-refractivity contribution in [2.45, 2.75) is 13.8 Å². The van der Waals surface area contributed by atoms with Crippen LogP contribution in [0.3, 0.4) is 0 Å². The van der Waals surface area contributed by atoms with Crippen LogP contribution < -0.4 is 48.0 Å². The van der Waals surface area contributed by atoms with Gasteiger partial charge in [0.2, 0.25) is 0 Å². The fraction of sp³-hybridized carbons (Fsp3) is 0.923. The van der Waals surface area contributed by atoms with Crippen molar-refractivity contribution < 1.29 is 66.5 Å². The third-order valence-electron chi connectivity index (χ3n) is 2.42.